The number of rotatable bonds is 6. The van der Waals surface area contributed by atoms with Crippen LogP contribution < -0.4 is 0 Å². The van der Waals surface area contributed by atoms with Gasteiger partial charge in [-0.05, 0) is 31.8 Å². The normalized spacial score (nSPS) is 13.5. The maximum atomic E-state index is 8.90. The maximum Gasteiger partial charge on any atom is 0.0512 e. The van der Waals surface area contributed by atoms with E-state index in [2.05, 4.69) is 6.26 Å². The van der Waals surface area contributed by atoms with Gasteiger partial charge in [0.15, 0.2) is 0 Å². The van der Waals surface area contributed by atoms with Crippen LogP contribution in [0.5, 0.6) is 0 Å². The smallest absolute Gasteiger partial charge is 0.0512 e. The lowest BCUT2D eigenvalue weighted by molar-refractivity contribution is 0.180. The molecule has 0 aromatic rings. The molecule has 0 rings (SSSR count). The zero-order valence-electron chi connectivity index (χ0n) is 6.97. The van der Waals surface area contributed by atoms with Crippen molar-refractivity contribution in [2.75, 3.05) is 12.0 Å². The summed E-state index contributed by atoms with van der Waals surface area (Å²) < 4.78 is 0. The molecule has 0 heterocycles. The van der Waals surface area contributed by atoms with E-state index in [9.17, 15) is 0 Å². The molecular formula is C8H18OS. The highest BCUT2D eigenvalue weighted by molar-refractivity contribution is 7.98. The van der Waals surface area contributed by atoms with Crippen LogP contribution in [0.15, 0.2) is 0 Å². The van der Waals surface area contributed by atoms with Crippen molar-refractivity contribution in [1.82, 2.24) is 0 Å². The lowest BCUT2D eigenvalue weighted by Gasteiger charge is -2.02. The van der Waals surface area contributed by atoms with Crippen molar-refractivity contribution in [1.29, 1.82) is 0 Å². The van der Waals surface area contributed by atoms with E-state index in [1.165, 1.54) is 25.0 Å². The molecule has 0 saturated carbocycles. The Labute approximate surface area is 68.2 Å². The Bertz CT molecular complexity index is 64.3. The molecule has 0 aliphatic heterocycles. The largest absolute Gasteiger partial charge is 0.393 e. The van der Waals surface area contributed by atoms with Crippen molar-refractivity contribution in [2.45, 2.75) is 38.7 Å². The first kappa shape index (κ1) is 10.3. The van der Waals surface area contributed by atoms with Crippen molar-refractivity contribution < 1.29 is 5.11 Å². The number of aliphatic hydroxyl groups excluding tert-OH is 1. The van der Waals surface area contributed by atoms with Crippen LogP contribution >= 0.6 is 11.8 Å². The highest BCUT2D eigenvalue weighted by atomic mass is 32.2. The first-order valence-corrected chi connectivity index (χ1v) is 5.33. The Hall–Kier alpha value is 0.310. The molecule has 0 fully saturated rings. The van der Waals surface area contributed by atoms with Gasteiger partial charge in [-0.3, -0.25) is 0 Å². The number of unbranched alkanes of at least 4 members (excludes halogenated alkanes) is 2. The van der Waals surface area contributed by atoms with Gasteiger partial charge >= 0.3 is 0 Å². The summed E-state index contributed by atoms with van der Waals surface area (Å²) in [7, 11) is 0. The van der Waals surface area contributed by atoms with E-state index in [1.807, 2.05) is 18.7 Å². The van der Waals surface area contributed by atoms with E-state index in [1.54, 1.807) is 0 Å². The van der Waals surface area contributed by atoms with E-state index >= 15 is 0 Å². The van der Waals surface area contributed by atoms with Gasteiger partial charge in [0.25, 0.3) is 0 Å². The summed E-state index contributed by atoms with van der Waals surface area (Å²) in [6.45, 7) is 1.86. The SMILES string of the molecule is CSCCCCCC(C)O. The van der Waals surface area contributed by atoms with Crippen molar-refractivity contribution in [3.8, 4) is 0 Å². The molecule has 0 amide bonds. The highest BCUT2D eigenvalue weighted by Crippen LogP contribution is 2.05. The Morgan fingerprint density at radius 3 is 2.50 bits per heavy atom. The molecule has 0 aliphatic rings. The van der Waals surface area contributed by atoms with Gasteiger partial charge in [0.2, 0.25) is 0 Å². The lowest BCUT2D eigenvalue weighted by Crippen LogP contribution is -1.98. The molecule has 0 spiro atoms. The fourth-order valence-electron chi connectivity index (χ4n) is 0.863. The minimum Gasteiger partial charge on any atom is -0.393 e. The Morgan fingerprint density at radius 1 is 1.30 bits per heavy atom. The van der Waals surface area contributed by atoms with Gasteiger partial charge in [0.05, 0.1) is 6.10 Å². The molecule has 0 saturated heterocycles. The monoisotopic (exact) mass is 162 g/mol. The third-order valence-electron chi connectivity index (χ3n) is 1.47. The molecule has 2 heteroatoms. The third-order valence-corrected chi connectivity index (χ3v) is 2.17. The second kappa shape index (κ2) is 7.42. The average molecular weight is 162 g/mol. The molecule has 1 nitrogen and oxygen atoms in total. The first-order valence-electron chi connectivity index (χ1n) is 3.94. The number of aliphatic hydroxyl groups is 1. The topological polar surface area (TPSA) is 20.2 Å². The highest BCUT2D eigenvalue weighted by Gasteiger charge is 1.94. The van der Waals surface area contributed by atoms with Crippen molar-refractivity contribution in [3.63, 3.8) is 0 Å². The zero-order valence-corrected chi connectivity index (χ0v) is 7.78. The summed E-state index contributed by atoms with van der Waals surface area (Å²) in [5.41, 5.74) is 0. The van der Waals surface area contributed by atoms with E-state index in [-0.39, 0.29) is 6.10 Å². The molecule has 0 aromatic heterocycles. The van der Waals surface area contributed by atoms with Gasteiger partial charge in [0.1, 0.15) is 0 Å². The van der Waals surface area contributed by atoms with Crippen molar-refractivity contribution in [2.24, 2.45) is 0 Å². The van der Waals surface area contributed by atoms with Crippen LogP contribution in [0.4, 0.5) is 0 Å². The second-order valence-corrected chi connectivity index (χ2v) is 3.68. The van der Waals surface area contributed by atoms with Crippen molar-refractivity contribution in [3.05, 3.63) is 0 Å². The van der Waals surface area contributed by atoms with Gasteiger partial charge in [-0.25, -0.2) is 0 Å². The Kier molecular flexibility index (Phi) is 7.65. The molecular weight excluding hydrogens is 144 g/mol. The number of hydrogen-bond acceptors (Lipinski definition) is 2. The van der Waals surface area contributed by atoms with Crippen LogP contribution in [-0.4, -0.2) is 23.2 Å². The van der Waals surface area contributed by atoms with E-state index < -0.39 is 0 Å². The summed E-state index contributed by atoms with van der Waals surface area (Å²) >= 11 is 1.90. The number of hydrogen-bond donors (Lipinski definition) is 1. The van der Waals surface area contributed by atoms with Crippen LogP contribution in [0, 0.1) is 0 Å². The summed E-state index contributed by atoms with van der Waals surface area (Å²) in [6, 6.07) is 0. The van der Waals surface area contributed by atoms with Crippen LogP contribution in [-0.2, 0) is 0 Å². The fraction of sp³-hybridized carbons (Fsp3) is 1.00. The van der Waals surface area contributed by atoms with Gasteiger partial charge in [0, 0.05) is 0 Å². The second-order valence-electron chi connectivity index (χ2n) is 2.69. The van der Waals surface area contributed by atoms with Gasteiger partial charge in [-0.1, -0.05) is 12.8 Å². The molecule has 10 heavy (non-hydrogen) atoms. The predicted octanol–water partition coefficient (Wildman–Crippen LogP) is 2.29. The summed E-state index contributed by atoms with van der Waals surface area (Å²) in [4.78, 5) is 0. The van der Waals surface area contributed by atoms with Crippen LogP contribution in [0.2, 0.25) is 0 Å². The third kappa shape index (κ3) is 8.31. The molecule has 0 radical (unpaired) electrons. The number of thioether (sulfide) groups is 1. The quantitative estimate of drug-likeness (QED) is 0.605. The minimum absolute atomic E-state index is 0.103. The van der Waals surface area contributed by atoms with E-state index in [4.69, 9.17) is 5.11 Å². The molecule has 0 bridgehead atoms. The van der Waals surface area contributed by atoms with Gasteiger partial charge in [-0.2, -0.15) is 11.8 Å². The fourth-order valence-corrected chi connectivity index (χ4v) is 1.36. The zero-order chi connectivity index (χ0) is 7.82. The predicted molar refractivity (Wildman–Crippen MR) is 48.5 cm³/mol. The first-order chi connectivity index (χ1) is 4.77. The Morgan fingerprint density at radius 2 is 2.00 bits per heavy atom. The van der Waals surface area contributed by atoms with E-state index in [0.29, 0.717) is 0 Å². The van der Waals surface area contributed by atoms with Crippen LogP contribution in [0.1, 0.15) is 32.6 Å². The van der Waals surface area contributed by atoms with E-state index in [0.717, 1.165) is 6.42 Å². The standard InChI is InChI=1S/C8H18OS/c1-8(9)6-4-3-5-7-10-2/h8-9H,3-7H2,1-2H3. The summed E-state index contributed by atoms with van der Waals surface area (Å²) in [5.74, 6) is 1.26. The minimum atomic E-state index is -0.103. The molecule has 1 N–H and O–H groups in total. The van der Waals surface area contributed by atoms with Crippen LogP contribution in [0.25, 0.3) is 0 Å². The average Bonchev–Trinajstić information content (AvgIpc) is 1.87. The van der Waals surface area contributed by atoms with Gasteiger partial charge < -0.3 is 5.11 Å². The lowest BCUT2D eigenvalue weighted by atomic mass is 10.1. The summed E-state index contributed by atoms with van der Waals surface area (Å²) in [6.07, 6.45) is 6.75. The Balaban J connectivity index is 2.77. The van der Waals surface area contributed by atoms with Crippen LogP contribution in [0.3, 0.4) is 0 Å². The molecule has 0 aliphatic carbocycles. The molecule has 1 atom stereocenters. The van der Waals surface area contributed by atoms with Gasteiger partial charge in [-0.15, -0.1) is 0 Å². The summed E-state index contributed by atoms with van der Waals surface area (Å²) in [5, 5.41) is 8.90. The maximum absolute atomic E-state index is 8.90. The molecule has 1 unspecified atom stereocenters. The molecule has 0 aromatic carbocycles. The van der Waals surface area contributed by atoms with Crippen molar-refractivity contribution >= 4 is 11.8 Å². The molecule has 62 valence electrons.